The lowest BCUT2D eigenvalue weighted by atomic mass is 9.92. The van der Waals surface area contributed by atoms with Crippen molar-refractivity contribution in [2.45, 2.75) is 32.7 Å². The molecule has 3 rings (SSSR count). The lowest BCUT2D eigenvalue weighted by Gasteiger charge is -2.23. The monoisotopic (exact) mass is 311 g/mol. The van der Waals surface area contributed by atoms with Crippen molar-refractivity contribution in [3.8, 4) is 0 Å². The van der Waals surface area contributed by atoms with Gasteiger partial charge in [-0.1, -0.05) is 0 Å². The number of hydrogen-bond donors (Lipinski definition) is 2. The average molecular weight is 312 g/mol. The van der Waals surface area contributed by atoms with E-state index in [1.165, 1.54) is 6.07 Å². The van der Waals surface area contributed by atoms with Crippen molar-refractivity contribution in [1.29, 1.82) is 0 Å². The molecule has 1 aliphatic heterocycles. The number of piperidine rings is 1. The number of aromatic nitrogens is 1. The van der Waals surface area contributed by atoms with Crippen LogP contribution >= 0.6 is 12.4 Å². The Bertz CT molecular complexity index is 579. The van der Waals surface area contributed by atoms with Gasteiger partial charge in [0.15, 0.2) is 0 Å². The maximum atomic E-state index is 12.3. The molecule has 1 aromatic heterocycles. The lowest BCUT2D eigenvalue weighted by molar-refractivity contribution is -0.118. The number of pyridine rings is 1. The minimum Gasteiger partial charge on any atom is -0.325 e. The molecule has 5 nitrogen and oxygen atoms in total. The molecule has 1 amide bonds. The smallest absolute Gasteiger partial charge is 0.250 e. The summed E-state index contributed by atoms with van der Waals surface area (Å²) in [5.41, 5.74) is 0.924. The molecule has 1 spiro atoms. The number of hydrogen-bond acceptors (Lipinski definition) is 3. The molecule has 1 saturated heterocycles. The van der Waals surface area contributed by atoms with Gasteiger partial charge in [0.05, 0.1) is 5.69 Å². The number of nitrogens with one attached hydrogen (secondary N) is 2. The molecular weight excluding hydrogens is 290 g/mol. The summed E-state index contributed by atoms with van der Waals surface area (Å²) in [4.78, 5) is 23.8. The van der Waals surface area contributed by atoms with Gasteiger partial charge >= 0.3 is 0 Å². The van der Waals surface area contributed by atoms with E-state index in [2.05, 4.69) is 10.6 Å². The van der Waals surface area contributed by atoms with Crippen LogP contribution in [0.15, 0.2) is 23.1 Å². The topological polar surface area (TPSA) is 63.1 Å². The van der Waals surface area contributed by atoms with Crippen LogP contribution in [0.1, 0.15) is 26.2 Å². The maximum Gasteiger partial charge on any atom is 0.250 e. The molecule has 1 aromatic rings. The Kier molecular flexibility index (Phi) is 4.74. The summed E-state index contributed by atoms with van der Waals surface area (Å²) in [6.45, 7) is 4.56. The molecule has 1 unspecified atom stereocenters. The van der Waals surface area contributed by atoms with Crippen LogP contribution in [0.2, 0.25) is 0 Å². The highest BCUT2D eigenvalue weighted by Crippen LogP contribution is 2.58. The Labute approximate surface area is 130 Å². The third-order valence-electron chi connectivity index (χ3n) is 4.70. The van der Waals surface area contributed by atoms with Crippen molar-refractivity contribution in [1.82, 2.24) is 9.88 Å². The number of carbonyl (C=O) groups excluding carboxylic acids is 1. The van der Waals surface area contributed by atoms with Gasteiger partial charge in [0.25, 0.3) is 5.56 Å². The largest absolute Gasteiger partial charge is 0.325 e. The maximum absolute atomic E-state index is 12.3. The van der Waals surface area contributed by atoms with Gasteiger partial charge in [-0.25, -0.2) is 0 Å². The zero-order valence-electron chi connectivity index (χ0n) is 12.2. The molecule has 0 radical (unpaired) electrons. The molecule has 2 heterocycles. The Morgan fingerprint density at radius 3 is 2.81 bits per heavy atom. The summed E-state index contributed by atoms with van der Waals surface area (Å²) in [5, 5.41) is 6.30. The second-order valence-corrected chi connectivity index (χ2v) is 5.90. The van der Waals surface area contributed by atoms with Gasteiger partial charge in [-0.05, 0) is 50.8 Å². The summed E-state index contributed by atoms with van der Waals surface area (Å²) in [5.74, 6) is 0.250. The van der Waals surface area contributed by atoms with Crippen molar-refractivity contribution >= 4 is 24.0 Å². The Morgan fingerprint density at radius 1 is 1.43 bits per heavy atom. The van der Waals surface area contributed by atoms with E-state index >= 15 is 0 Å². The average Bonchev–Trinajstić information content (AvgIpc) is 3.15. The molecule has 1 saturated carbocycles. The number of carbonyl (C=O) groups is 1. The van der Waals surface area contributed by atoms with Gasteiger partial charge < -0.3 is 15.2 Å². The zero-order chi connectivity index (χ0) is 14.2. The third kappa shape index (κ3) is 3.14. The van der Waals surface area contributed by atoms with E-state index in [9.17, 15) is 9.59 Å². The van der Waals surface area contributed by atoms with Gasteiger partial charge in [0.1, 0.15) is 0 Å². The Morgan fingerprint density at radius 2 is 2.14 bits per heavy atom. The second-order valence-electron chi connectivity index (χ2n) is 5.90. The summed E-state index contributed by atoms with van der Waals surface area (Å²) in [6.07, 6.45) is 4.92. The highest BCUT2D eigenvalue weighted by Gasteiger charge is 2.57. The second kappa shape index (κ2) is 6.20. The fourth-order valence-electron chi connectivity index (χ4n) is 3.28. The van der Waals surface area contributed by atoms with Crippen LogP contribution in [-0.4, -0.2) is 23.6 Å². The molecule has 6 heteroatoms. The zero-order valence-corrected chi connectivity index (χ0v) is 13.0. The predicted molar refractivity (Wildman–Crippen MR) is 84.9 cm³/mol. The minimum absolute atomic E-state index is 0. The number of rotatable bonds is 3. The van der Waals surface area contributed by atoms with Crippen LogP contribution in [0.5, 0.6) is 0 Å². The minimum atomic E-state index is -0.0354. The Hall–Kier alpha value is -1.33. The first-order valence-corrected chi connectivity index (χ1v) is 7.37. The molecule has 2 N–H and O–H groups in total. The van der Waals surface area contributed by atoms with Crippen molar-refractivity contribution < 1.29 is 4.79 Å². The van der Waals surface area contributed by atoms with Crippen molar-refractivity contribution in [3.63, 3.8) is 0 Å². The van der Waals surface area contributed by atoms with Gasteiger partial charge in [-0.15, -0.1) is 12.4 Å². The molecule has 0 aromatic carbocycles. The quantitative estimate of drug-likeness (QED) is 0.891. The Balaban J connectivity index is 0.00000161. The van der Waals surface area contributed by atoms with E-state index in [1.807, 2.05) is 6.92 Å². The summed E-state index contributed by atoms with van der Waals surface area (Å²) in [7, 11) is 0. The first kappa shape index (κ1) is 16.0. The lowest BCUT2D eigenvalue weighted by Crippen LogP contribution is -2.31. The molecule has 0 bridgehead atoms. The van der Waals surface area contributed by atoms with Crippen LogP contribution in [0, 0.1) is 11.3 Å². The van der Waals surface area contributed by atoms with Gasteiger partial charge in [-0.2, -0.15) is 0 Å². The fourth-order valence-corrected chi connectivity index (χ4v) is 3.28. The molecule has 1 aliphatic carbocycles. The predicted octanol–water partition coefficient (Wildman–Crippen LogP) is 1.62. The number of nitrogens with zero attached hydrogens (tertiary/aromatic N) is 1. The van der Waals surface area contributed by atoms with Crippen molar-refractivity contribution in [2.75, 3.05) is 18.4 Å². The van der Waals surface area contributed by atoms with Crippen molar-refractivity contribution in [3.05, 3.63) is 28.7 Å². The van der Waals surface area contributed by atoms with Crippen LogP contribution < -0.4 is 16.2 Å². The van der Waals surface area contributed by atoms with Crippen LogP contribution in [0.4, 0.5) is 5.69 Å². The van der Waals surface area contributed by atoms with E-state index in [4.69, 9.17) is 0 Å². The van der Waals surface area contributed by atoms with Crippen LogP contribution in [-0.2, 0) is 11.3 Å². The number of amides is 1. The molecule has 1 atom stereocenters. The van der Waals surface area contributed by atoms with Crippen molar-refractivity contribution in [2.24, 2.45) is 11.3 Å². The van der Waals surface area contributed by atoms with Gasteiger partial charge in [0.2, 0.25) is 5.91 Å². The highest BCUT2D eigenvalue weighted by molar-refractivity contribution is 5.95. The van der Waals surface area contributed by atoms with Crippen LogP contribution in [0.3, 0.4) is 0 Å². The van der Waals surface area contributed by atoms with Gasteiger partial charge in [-0.3, -0.25) is 9.59 Å². The molecule has 2 aliphatic rings. The van der Waals surface area contributed by atoms with E-state index < -0.39 is 0 Å². The number of anilines is 1. The van der Waals surface area contributed by atoms with E-state index in [1.54, 1.807) is 16.8 Å². The van der Waals surface area contributed by atoms with E-state index in [-0.39, 0.29) is 35.2 Å². The van der Waals surface area contributed by atoms with Gasteiger partial charge in [0, 0.05) is 24.7 Å². The van der Waals surface area contributed by atoms with Crippen LogP contribution in [0.25, 0.3) is 0 Å². The molecule has 2 fully saturated rings. The first-order chi connectivity index (χ1) is 9.64. The number of aryl methyl sites for hydroxylation is 1. The summed E-state index contributed by atoms with van der Waals surface area (Å²) < 4.78 is 1.60. The number of halogens is 1. The normalized spacial score (nSPS) is 22.4. The van der Waals surface area contributed by atoms with E-state index in [0.717, 1.165) is 32.4 Å². The van der Waals surface area contributed by atoms with E-state index in [0.29, 0.717) is 12.2 Å². The SMILES string of the molecule is CCn1cc(NC(=O)C2CC23CCNCC3)ccc1=O.Cl. The molecule has 116 valence electrons. The first-order valence-electron chi connectivity index (χ1n) is 7.37. The molecule has 21 heavy (non-hydrogen) atoms. The fraction of sp³-hybridized carbons (Fsp3) is 0.600. The molecular formula is C15H22ClN3O2. The third-order valence-corrected chi connectivity index (χ3v) is 4.70. The highest BCUT2D eigenvalue weighted by atomic mass is 35.5. The standard InChI is InChI=1S/C15H21N3O2.ClH/c1-2-18-10-11(3-4-13(18)19)17-14(20)12-9-15(12)5-7-16-8-6-15;/h3-4,10,12,16H,2,5-9H2,1H3,(H,17,20);1H. The summed E-state index contributed by atoms with van der Waals surface area (Å²) >= 11 is 0. The summed E-state index contributed by atoms with van der Waals surface area (Å²) in [6, 6.07) is 3.19.